The van der Waals surface area contributed by atoms with E-state index in [-0.39, 0.29) is 11.5 Å². The number of hydrogen-bond donors (Lipinski definition) is 1. The Morgan fingerprint density at radius 1 is 1.25 bits per heavy atom. The summed E-state index contributed by atoms with van der Waals surface area (Å²) in [5.41, 5.74) is 0.991. The van der Waals surface area contributed by atoms with E-state index in [0.717, 1.165) is 5.69 Å². The molecule has 0 bridgehead atoms. The van der Waals surface area contributed by atoms with Gasteiger partial charge < -0.3 is 19.3 Å². The molecule has 1 N–H and O–H groups in total. The van der Waals surface area contributed by atoms with Crippen molar-refractivity contribution in [3.05, 3.63) is 47.5 Å². The third-order valence-corrected chi connectivity index (χ3v) is 4.10. The third-order valence-electron chi connectivity index (χ3n) is 4.10. The van der Waals surface area contributed by atoms with E-state index in [1.165, 1.54) is 6.26 Å². The van der Waals surface area contributed by atoms with E-state index in [1.807, 2.05) is 11.8 Å². The van der Waals surface area contributed by atoms with E-state index in [4.69, 9.17) is 4.42 Å². The molecule has 1 aliphatic rings. The van der Waals surface area contributed by atoms with Crippen LogP contribution in [0.5, 0.6) is 0 Å². The average molecular weight is 329 g/mol. The number of nitrogens with zero attached hydrogens (tertiary/aromatic N) is 3. The van der Waals surface area contributed by atoms with Crippen molar-refractivity contribution in [1.82, 2.24) is 9.88 Å². The fourth-order valence-corrected chi connectivity index (χ4v) is 2.73. The molecule has 1 amide bonds. The zero-order valence-electron chi connectivity index (χ0n) is 13.4. The highest BCUT2D eigenvalue weighted by Gasteiger charge is 2.25. The van der Waals surface area contributed by atoms with Crippen molar-refractivity contribution in [1.29, 1.82) is 0 Å². The number of piperazine rings is 1. The number of anilines is 1. The molecule has 0 spiro atoms. The van der Waals surface area contributed by atoms with Crippen molar-refractivity contribution in [2.45, 2.75) is 13.3 Å². The maximum Gasteiger partial charge on any atom is 0.335 e. The Morgan fingerprint density at radius 2 is 2.00 bits per heavy atom. The van der Waals surface area contributed by atoms with Crippen LogP contribution >= 0.6 is 0 Å². The van der Waals surface area contributed by atoms with Crippen LogP contribution in [-0.2, 0) is 6.42 Å². The first-order valence-electron chi connectivity index (χ1n) is 7.90. The van der Waals surface area contributed by atoms with Crippen LogP contribution in [0.2, 0.25) is 0 Å². The Kier molecular flexibility index (Phi) is 4.50. The highest BCUT2D eigenvalue weighted by atomic mass is 16.4. The van der Waals surface area contributed by atoms with Gasteiger partial charge in [0.2, 0.25) is 0 Å². The fraction of sp³-hybridized carbons (Fsp3) is 0.353. The van der Waals surface area contributed by atoms with Crippen LogP contribution in [0.4, 0.5) is 5.82 Å². The van der Waals surface area contributed by atoms with Crippen molar-refractivity contribution in [3.8, 4) is 0 Å². The Bertz CT molecular complexity index is 734. The van der Waals surface area contributed by atoms with Gasteiger partial charge >= 0.3 is 5.97 Å². The van der Waals surface area contributed by atoms with E-state index < -0.39 is 5.97 Å². The lowest BCUT2D eigenvalue weighted by Crippen LogP contribution is -2.49. The first-order valence-corrected chi connectivity index (χ1v) is 7.90. The second-order valence-corrected chi connectivity index (χ2v) is 5.62. The van der Waals surface area contributed by atoms with Gasteiger partial charge in [-0.3, -0.25) is 4.79 Å². The molecule has 3 heterocycles. The molecule has 0 atom stereocenters. The Labute approximate surface area is 139 Å². The normalized spacial score (nSPS) is 14.7. The van der Waals surface area contributed by atoms with Gasteiger partial charge in [0.15, 0.2) is 5.76 Å². The highest BCUT2D eigenvalue weighted by molar-refractivity contribution is 5.91. The lowest BCUT2D eigenvalue weighted by Gasteiger charge is -2.35. The van der Waals surface area contributed by atoms with Gasteiger partial charge in [-0.05, 0) is 30.7 Å². The molecular weight excluding hydrogens is 310 g/mol. The number of pyridine rings is 1. The van der Waals surface area contributed by atoms with Gasteiger partial charge in [0.1, 0.15) is 5.82 Å². The number of carboxylic acid groups (broad SMARTS) is 1. The van der Waals surface area contributed by atoms with Gasteiger partial charge in [0, 0.05) is 31.9 Å². The smallest absolute Gasteiger partial charge is 0.335 e. The summed E-state index contributed by atoms with van der Waals surface area (Å²) in [5, 5.41) is 9.24. The summed E-state index contributed by atoms with van der Waals surface area (Å²) in [6, 6.07) is 6.53. The van der Waals surface area contributed by atoms with Gasteiger partial charge in [-0.2, -0.15) is 0 Å². The molecule has 7 heteroatoms. The minimum atomic E-state index is -0.958. The summed E-state index contributed by atoms with van der Waals surface area (Å²) >= 11 is 0. The monoisotopic (exact) mass is 329 g/mol. The molecule has 7 nitrogen and oxygen atoms in total. The van der Waals surface area contributed by atoms with E-state index in [2.05, 4.69) is 4.98 Å². The predicted octanol–water partition coefficient (Wildman–Crippen LogP) is 1.90. The average Bonchev–Trinajstić information content (AvgIpc) is 3.15. The van der Waals surface area contributed by atoms with Crippen LogP contribution in [0.25, 0.3) is 0 Å². The molecule has 1 fully saturated rings. The maximum absolute atomic E-state index is 12.3. The molecule has 0 unspecified atom stereocenters. The second-order valence-electron chi connectivity index (χ2n) is 5.62. The number of aromatic carboxylic acids is 1. The van der Waals surface area contributed by atoms with E-state index in [9.17, 15) is 14.7 Å². The molecule has 3 rings (SSSR count). The number of carboxylic acids is 1. The first-order chi connectivity index (χ1) is 11.6. The van der Waals surface area contributed by atoms with Gasteiger partial charge in [-0.1, -0.05) is 6.92 Å². The van der Waals surface area contributed by atoms with Gasteiger partial charge in [0.05, 0.1) is 11.8 Å². The van der Waals surface area contributed by atoms with Crippen LogP contribution in [0, 0.1) is 0 Å². The summed E-state index contributed by atoms with van der Waals surface area (Å²) in [7, 11) is 0. The zero-order valence-corrected chi connectivity index (χ0v) is 13.4. The fourth-order valence-electron chi connectivity index (χ4n) is 2.73. The van der Waals surface area contributed by atoms with E-state index >= 15 is 0 Å². The zero-order chi connectivity index (χ0) is 17.1. The minimum absolute atomic E-state index is 0.124. The molecular formula is C17H19N3O4. The van der Waals surface area contributed by atoms with E-state index in [1.54, 1.807) is 29.2 Å². The van der Waals surface area contributed by atoms with Gasteiger partial charge in [-0.25, -0.2) is 9.78 Å². The number of amides is 1. The van der Waals surface area contributed by atoms with Crippen LogP contribution in [0.1, 0.15) is 33.5 Å². The standard InChI is InChI=1S/C17H19N3O4/c1-2-13-10-12(17(22)23)11-15(18-13)19-5-7-20(8-6-19)16(21)14-4-3-9-24-14/h3-4,9-11H,2,5-8H2,1H3,(H,22,23). The van der Waals surface area contributed by atoms with Crippen LogP contribution in [0.3, 0.4) is 0 Å². The molecule has 0 aliphatic carbocycles. The maximum atomic E-state index is 12.3. The molecule has 0 radical (unpaired) electrons. The van der Waals surface area contributed by atoms with E-state index in [0.29, 0.717) is 44.2 Å². The molecule has 2 aromatic heterocycles. The third kappa shape index (κ3) is 3.24. The number of carbonyl (C=O) groups is 2. The Morgan fingerprint density at radius 3 is 2.58 bits per heavy atom. The molecule has 24 heavy (non-hydrogen) atoms. The van der Waals surface area contributed by atoms with Crippen molar-refractivity contribution in [3.63, 3.8) is 0 Å². The van der Waals surface area contributed by atoms with Gasteiger partial charge in [-0.15, -0.1) is 0 Å². The van der Waals surface area contributed by atoms with Crippen LogP contribution in [-0.4, -0.2) is 53.0 Å². The molecule has 2 aromatic rings. The summed E-state index contributed by atoms with van der Waals surface area (Å²) in [6.45, 7) is 4.23. The first kappa shape index (κ1) is 16.0. The number of hydrogen-bond acceptors (Lipinski definition) is 5. The van der Waals surface area contributed by atoms with Crippen molar-refractivity contribution in [2.24, 2.45) is 0 Å². The van der Waals surface area contributed by atoms with Crippen molar-refractivity contribution >= 4 is 17.7 Å². The lowest BCUT2D eigenvalue weighted by molar-refractivity contribution is 0.0694. The summed E-state index contributed by atoms with van der Waals surface area (Å²) < 4.78 is 5.15. The Hall–Kier alpha value is -2.83. The SMILES string of the molecule is CCc1cc(C(=O)O)cc(N2CCN(C(=O)c3ccco3)CC2)n1. The predicted molar refractivity (Wildman–Crippen MR) is 87.4 cm³/mol. The number of furan rings is 1. The Balaban J connectivity index is 1.71. The van der Waals surface area contributed by atoms with Gasteiger partial charge in [0.25, 0.3) is 5.91 Å². The largest absolute Gasteiger partial charge is 0.478 e. The molecule has 126 valence electrons. The molecule has 1 aliphatic heterocycles. The van der Waals surface area contributed by atoms with Crippen molar-refractivity contribution in [2.75, 3.05) is 31.1 Å². The topological polar surface area (TPSA) is 86.9 Å². The molecule has 1 saturated heterocycles. The quantitative estimate of drug-likeness (QED) is 0.922. The molecule has 0 saturated carbocycles. The number of aryl methyl sites for hydroxylation is 1. The highest BCUT2D eigenvalue weighted by Crippen LogP contribution is 2.19. The number of aromatic nitrogens is 1. The summed E-state index contributed by atoms with van der Waals surface area (Å²) in [6.07, 6.45) is 2.15. The second kappa shape index (κ2) is 6.74. The number of carbonyl (C=O) groups excluding carboxylic acids is 1. The van der Waals surface area contributed by atoms with Crippen molar-refractivity contribution < 1.29 is 19.1 Å². The lowest BCUT2D eigenvalue weighted by atomic mass is 10.2. The van der Waals surface area contributed by atoms with Crippen LogP contribution < -0.4 is 4.90 Å². The van der Waals surface area contributed by atoms with Crippen LogP contribution in [0.15, 0.2) is 34.9 Å². The minimum Gasteiger partial charge on any atom is -0.478 e. The summed E-state index contributed by atoms with van der Waals surface area (Å²) in [4.78, 5) is 31.8. The number of rotatable bonds is 4. The molecule has 0 aromatic carbocycles. The summed E-state index contributed by atoms with van der Waals surface area (Å²) in [5.74, 6) is -0.0966.